The molecule has 0 aliphatic carbocycles. The summed E-state index contributed by atoms with van der Waals surface area (Å²) in [6, 6.07) is 1.89. The highest BCUT2D eigenvalue weighted by Crippen LogP contribution is 2.20. The van der Waals surface area contributed by atoms with E-state index in [0.717, 1.165) is 25.9 Å². The predicted octanol–water partition coefficient (Wildman–Crippen LogP) is 1.66. The van der Waals surface area contributed by atoms with Crippen LogP contribution in [0.3, 0.4) is 0 Å². The Labute approximate surface area is 115 Å². The van der Waals surface area contributed by atoms with E-state index in [1.54, 1.807) is 19.9 Å². The first-order valence-electron chi connectivity index (χ1n) is 6.74. The molecule has 1 aliphatic rings. The van der Waals surface area contributed by atoms with Crippen molar-refractivity contribution < 1.29 is 12.8 Å². The zero-order valence-electron chi connectivity index (χ0n) is 11.8. The van der Waals surface area contributed by atoms with Crippen LogP contribution in [-0.4, -0.2) is 39.0 Å². The number of aryl methyl sites for hydroxylation is 2. The van der Waals surface area contributed by atoms with Crippen LogP contribution in [0.2, 0.25) is 0 Å². The molecule has 0 unspecified atom stereocenters. The molecule has 0 spiro atoms. The smallest absolute Gasteiger partial charge is 0.244 e. The molecule has 0 amide bonds. The molecule has 1 aromatic heterocycles. The topological polar surface area (TPSA) is 62.6 Å². The molecule has 1 atom stereocenters. The van der Waals surface area contributed by atoms with Crippen molar-refractivity contribution in [2.24, 2.45) is 0 Å². The first-order valence-corrected chi connectivity index (χ1v) is 8.23. The molecule has 0 radical (unpaired) electrons. The molecule has 0 bridgehead atoms. The van der Waals surface area contributed by atoms with Gasteiger partial charge in [-0.3, -0.25) is 4.90 Å². The Hall–Kier alpha value is -0.850. The van der Waals surface area contributed by atoms with E-state index in [-0.39, 0.29) is 4.90 Å². The van der Waals surface area contributed by atoms with Gasteiger partial charge in [-0.05, 0) is 45.8 Å². The summed E-state index contributed by atoms with van der Waals surface area (Å²) in [5, 5.41) is 0. The fourth-order valence-corrected chi connectivity index (χ4v) is 4.01. The van der Waals surface area contributed by atoms with Gasteiger partial charge >= 0.3 is 0 Å². The molecular weight excluding hydrogens is 264 g/mol. The minimum Gasteiger partial charge on any atom is -0.465 e. The molecule has 108 valence electrons. The Bertz CT molecular complexity index is 536. The van der Waals surface area contributed by atoms with Crippen molar-refractivity contribution in [2.45, 2.75) is 44.6 Å². The zero-order valence-corrected chi connectivity index (χ0v) is 12.6. The van der Waals surface area contributed by atoms with Crippen LogP contribution in [0.25, 0.3) is 0 Å². The first kappa shape index (κ1) is 14.6. The Morgan fingerprint density at radius 2 is 2.21 bits per heavy atom. The fraction of sp³-hybridized carbons (Fsp3) is 0.692. The van der Waals surface area contributed by atoms with Gasteiger partial charge in [-0.1, -0.05) is 6.92 Å². The predicted molar refractivity (Wildman–Crippen MR) is 73.6 cm³/mol. The summed E-state index contributed by atoms with van der Waals surface area (Å²) < 4.78 is 32.4. The second-order valence-electron chi connectivity index (χ2n) is 5.05. The zero-order chi connectivity index (χ0) is 14.0. The number of nitrogens with zero attached hydrogens (tertiary/aromatic N) is 1. The molecule has 1 aromatic rings. The van der Waals surface area contributed by atoms with Crippen molar-refractivity contribution in [3.8, 4) is 0 Å². The van der Waals surface area contributed by atoms with Gasteiger partial charge < -0.3 is 4.42 Å². The van der Waals surface area contributed by atoms with E-state index < -0.39 is 10.0 Å². The Balaban J connectivity index is 2.04. The highest BCUT2D eigenvalue weighted by molar-refractivity contribution is 7.89. The summed E-state index contributed by atoms with van der Waals surface area (Å²) in [5.74, 6) is 1.07. The van der Waals surface area contributed by atoms with E-state index in [4.69, 9.17) is 4.42 Å². The van der Waals surface area contributed by atoms with Crippen molar-refractivity contribution in [1.29, 1.82) is 0 Å². The van der Waals surface area contributed by atoms with Crippen LogP contribution in [0.4, 0.5) is 0 Å². The SMILES string of the molecule is CCN1CCC[C@@H]1CNS(=O)(=O)c1cc(C)oc1C. The number of hydrogen-bond donors (Lipinski definition) is 1. The molecule has 2 heterocycles. The van der Waals surface area contributed by atoms with Crippen LogP contribution in [-0.2, 0) is 10.0 Å². The second-order valence-corrected chi connectivity index (χ2v) is 6.79. The maximum absolute atomic E-state index is 12.2. The highest BCUT2D eigenvalue weighted by atomic mass is 32.2. The average Bonchev–Trinajstić information content (AvgIpc) is 2.93. The lowest BCUT2D eigenvalue weighted by molar-refractivity contribution is 0.268. The number of likely N-dealkylation sites (tertiary alicyclic amines) is 1. The minimum atomic E-state index is -3.46. The van der Waals surface area contributed by atoms with Crippen LogP contribution >= 0.6 is 0 Å². The van der Waals surface area contributed by atoms with Crippen LogP contribution in [0, 0.1) is 13.8 Å². The summed E-state index contributed by atoms with van der Waals surface area (Å²) in [7, 11) is -3.46. The monoisotopic (exact) mass is 286 g/mol. The number of likely N-dealkylation sites (N-methyl/N-ethyl adjacent to an activating group) is 1. The molecule has 0 saturated carbocycles. The average molecular weight is 286 g/mol. The second kappa shape index (κ2) is 5.64. The van der Waals surface area contributed by atoms with E-state index in [1.165, 1.54) is 0 Å². The molecule has 0 aromatic carbocycles. The number of nitrogens with one attached hydrogen (secondary N) is 1. The number of sulfonamides is 1. The number of rotatable bonds is 5. The third-order valence-corrected chi connectivity index (χ3v) is 5.23. The van der Waals surface area contributed by atoms with E-state index in [0.29, 0.717) is 24.1 Å². The Morgan fingerprint density at radius 3 is 2.79 bits per heavy atom. The van der Waals surface area contributed by atoms with E-state index in [1.807, 2.05) is 0 Å². The molecule has 1 aliphatic heterocycles. The van der Waals surface area contributed by atoms with Gasteiger partial charge in [0.15, 0.2) is 0 Å². The minimum absolute atomic E-state index is 0.256. The Kier molecular flexibility index (Phi) is 4.32. The molecular formula is C13H22N2O3S. The summed E-state index contributed by atoms with van der Waals surface area (Å²) >= 11 is 0. The van der Waals surface area contributed by atoms with E-state index >= 15 is 0 Å². The quantitative estimate of drug-likeness (QED) is 0.894. The molecule has 1 saturated heterocycles. The third-order valence-electron chi connectivity index (χ3n) is 3.70. The van der Waals surface area contributed by atoms with Gasteiger partial charge in [-0.2, -0.15) is 0 Å². The number of furan rings is 1. The molecule has 1 N–H and O–H groups in total. The molecule has 6 heteroatoms. The number of hydrogen-bond acceptors (Lipinski definition) is 4. The van der Waals surface area contributed by atoms with Crippen molar-refractivity contribution in [2.75, 3.05) is 19.6 Å². The van der Waals surface area contributed by atoms with Crippen LogP contribution < -0.4 is 4.72 Å². The summed E-state index contributed by atoms with van der Waals surface area (Å²) in [6.45, 7) is 8.04. The molecule has 5 nitrogen and oxygen atoms in total. The van der Waals surface area contributed by atoms with Gasteiger partial charge in [0.25, 0.3) is 0 Å². The Morgan fingerprint density at radius 1 is 1.47 bits per heavy atom. The van der Waals surface area contributed by atoms with Crippen molar-refractivity contribution in [1.82, 2.24) is 9.62 Å². The van der Waals surface area contributed by atoms with Gasteiger partial charge in [-0.25, -0.2) is 13.1 Å². The van der Waals surface area contributed by atoms with Gasteiger partial charge in [-0.15, -0.1) is 0 Å². The van der Waals surface area contributed by atoms with Crippen molar-refractivity contribution in [3.63, 3.8) is 0 Å². The molecule has 2 rings (SSSR count). The standard InChI is InChI=1S/C13H22N2O3S/c1-4-15-7-5-6-12(15)9-14-19(16,17)13-8-10(2)18-11(13)3/h8,12,14H,4-7,9H2,1-3H3/t12-/m1/s1. The van der Waals surface area contributed by atoms with Gasteiger partial charge in [0.05, 0.1) is 0 Å². The maximum Gasteiger partial charge on any atom is 0.244 e. The first-order chi connectivity index (χ1) is 8.94. The lowest BCUT2D eigenvalue weighted by atomic mass is 10.2. The van der Waals surface area contributed by atoms with Gasteiger partial charge in [0.2, 0.25) is 10.0 Å². The fourth-order valence-electron chi connectivity index (χ4n) is 2.70. The van der Waals surface area contributed by atoms with E-state index in [9.17, 15) is 8.42 Å². The lowest BCUT2D eigenvalue weighted by Gasteiger charge is -2.22. The van der Waals surface area contributed by atoms with Crippen LogP contribution in [0.5, 0.6) is 0 Å². The summed E-state index contributed by atoms with van der Waals surface area (Å²) in [5.41, 5.74) is 0. The maximum atomic E-state index is 12.2. The van der Waals surface area contributed by atoms with Gasteiger partial charge in [0.1, 0.15) is 16.4 Å². The van der Waals surface area contributed by atoms with E-state index in [2.05, 4.69) is 16.5 Å². The van der Waals surface area contributed by atoms with Crippen molar-refractivity contribution >= 4 is 10.0 Å². The molecule has 1 fully saturated rings. The summed E-state index contributed by atoms with van der Waals surface area (Å²) in [6.07, 6.45) is 2.20. The van der Waals surface area contributed by atoms with Crippen molar-refractivity contribution in [3.05, 3.63) is 17.6 Å². The highest BCUT2D eigenvalue weighted by Gasteiger charge is 2.26. The molecule has 19 heavy (non-hydrogen) atoms. The lowest BCUT2D eigenvalue weighted by Crippen LogP contribution is -2.40. The van der Waals surface area contributed by atoms with Gasteiger partial charge in [0, 0.05) is 12.6 Å². The normalized spacial score (nSPS) is 21.1. The van der Waals surface area contributed by atoms with Crippen LogP contribution in [0.1, 0.15) is 31.3 Å². The van der Waals surface area contributed by atoms with Crippen LogP contribution in [0.15, 0.2) is 15.4 Å². The third kappa shape index (κ3) is 3.19. The summed E-state index contributed by atoms with van der Waals surface area (Å²) in [4.78, 5) is 2.57. The largest absolute Gasteiger partial charge is 0.465 e.